The van der Waals surface area contributed by atoms with Gasteiger partial charge in [-0.1, -0.05) is 54.6 Å². The summed E-state index contributed by atoms with van der Waals surface area (Å²) in [6.07, 6.45) is 1.78. The summed E-state index contributed by atoms with van der Waals surface area (Å²) in [6, 6.07) is 20.0. The highest BCUT2D eigenvalue weighted by Crippen LogP contribution is 2.23. The molecule has 1 fully saturated rings. The standard InChI is InChI=1S/C21H21N3O2/c25-21-14-19(23-10-12-26-13-11-23)15-22-24(21)16-18-8-4-5-9-20(18)17-6-2-1-3-7-17/h1-9,14-15H,10-13,16H2. The number of hydrogen-bond acceptors (Lipinski definition) is 4. The van der Waals surface area contributed by atoms with Gasteiger partial charge in [-0.2, -0.15) is 5.10 Å². The van der Waals surface area contributed by atoms with Crippen LogP contribution in [0.1, 0.15) is 5.56 Å². The molecule has 0 N–H and O–H groups in total. The van der Waals surface area contributed by atoms with Crippen LogP contribution in [0, 0.1) is 0 Å². The average Bonchev–Trinajstić information content (AvgIpc) is 2.71. The lowest BCUT2D eigenvalue weighted by atomic mass is 10.00. The molecule has 0 radical (unpaired) electrons. The minimum Gasteiger partial charge on any atom is -0.378 e. The second-order valence-electron chi connectivity index (χ2n) is 6.33. The Hall–Kier alpha value is -2.92. The molecule has 0 spiro atoms. The molecule has 5 heteroatoms. The first-order chi connectivity index (χ1) is 12.8. The Labute approximate surface area is 152 Å². The molecule has 0 saturated carbocycles. The van der Waals surface area contributed by atoms with Crippen LogP contribution >= 0.6 is 0 Å². The van der Waals surface area contributed by atoms with E-state index in [-0.39, 0.29) is 5.56 Å². The summed E-state index contributed by atoms with van der Waals surface area (Å²) in [5.74, 6) is 0. The van der Waals surface area contributed by atoms with Crippen LogP contribution in [0.15, 0.2) is 71.7 Å². The van der Waals surface area contributed by atoms with Crippen molar-refractivity contribution in [3.05, 3.63) is 82.8 Å². The van der Waals surface area contributed by atoms with Gasteiger partial charge < -0.3 is 9.64 Å². The Kier molecular flexibility index (Phi) is 4.80. The van der Waals surface area contributed by atoms with E-state index in [1.54, 1.807) is 12.3 Å². The van der Waals surface area contributed by atoms with E-state index in [4.69, 9.17) is 4.74 Å². The maximum absolute atomic E-state index is 12.6. The van der Waals surface area contributed by atoms with Crippen LogP contribution in [0.4, 0.5) is 5.69 Å². The molecule has 2 heterocycles. The van der Waals surface area contributed by atoms with E-state index in [0.717, 1.165) is 35.5 Å². The molecule has 1 aliphatic rings. The highest BCUT2D eigenvalue weighted by molar-refractivity contribution is 5.67. The summed E-state index contributed by atoms with van der Waals surface area (Å²) in [4.78, 5) is 14.7. The predicted octanol–water partition coefficient (Wildman–Crippen LogP) is 2.80. The largest absolute Gasteiger partial charge is 0.378 e. The zero-order valence-corrected chi connectivity index (χ0v) is 14.5. The molecule has 132 valence electrons. The first-order valence-electron chi connectivity index (χ1n) is 8.84. The lowest BCUT2D eigenvalue weighted by Gasteiger charge is -2.28. The monoisotopic (exact) mass is 347 g/mol. The third kappa shape index (κ3) is 3.53. The van der Waals surface area contributed by atoms with Crippen molar-refractivity contribution < 1.29 is 4.74 Å². The summed E-state index contributed by atoms with van der Waals surface area (Å²) in [6.45, 7) is 3.41. The second-order valence-corrected chi connectivity index (χ2v) is 6.33. The topological polar surface area (TPSA) is 47.4 Å². The summed E-state index contributed by atoms with van der Waals surface area (Å²) in [5.41, 5.74) is 4.12. The van der Waals surface area contributed by atoms with Gasteiger partial charge in [0.1, 0.15) is 0 Å². The van der Waals surface area contributed by atoms with E-state index >= 15 is 0 Å². The maximum Gasteiger partial charge on any atom is 0.269 e. The van der Waals surface area contributed by atoms with Crippen molar-refractivity contribution in [2.24, 2.45) is 0 Å². The lowest BCUT2D eigenvalue weighted by Crippen LogP contribution is -2.37. The highest BCUT2D eigenvalue weighted by Gasteiger charge is 2.13. The number of nitrogens with zero attached hydrogens (tertiary/aromatic N) is 3. The van der Waals surface area contributed by atoms with E-state index in [9.17, 15) is 4.79 Å². The van der Waals surface area contributed by atoms with Crippen molar-refractivity contribution in [1.82, 2.24) is 9.78 Å². The lowest BCUT2D eigenvalue weighted by molar-refractivity contribution is 0.122. The molecule has 0 atom stereocenters. The van der Waals surface area contributed by atoms with Gasteiger partial charge in [-0.15, -0.1) is 0 Å². The number of benzene rings is 2. The molecule has 4 rings (SSSR count). The van der Waals surface area contributed by atoms with Crippen LogP contribution in [0.5, 0.6) is 0 Å². The fourth-order valence-corrected chi connectivity index (χ4v) is 3.26. The zero-order valence-electron chi connectivity index (χ0n) is 14.5. The minimum atomic E-state index is -0.0862. The van der Waals surface area contributed by atoms with Crippen LogP contribution < -0.4 is 10.5 Å². The van der Waals surface area contributed by atoms with Gasteiger partial charge in [0.25, 0.3) is 5.56 Å². The minimum absolute atomic E-state index is 0.0862. The summed E-state index contributed by atoms with van der Waals surface area (Å²) >= 11 is 0. The highest BCUT2D eigenvalue weighted by atomic mass is 16.5. The average molecular weight is 347 g/mol. The summed E-state index contributed by atoms with van der Waals surface area (Å²) in [7, 11) is 0. The van der Waals surface area contributed by atoms with Gasteiger partial charge in [0.2, 0.25) is 0 Å². The van der Waals surface area contributed by atoms with Crippen molar-refractivity contribution in [3.8, 4) is 11.1 Å². The molecule has 0 bridgehead atoms. The fraction of sp³-hybridized carbons (Fsp3) is 0.238. The summed E-state index contributed by atoms with van der Waals surface area (Å²) in [5, 5.41) is 4.41. The molecule has 0 amide bonds. The molecule has 1 saturated heterocycles. The van der Waals surface area contributed by atoms with Crippen LogP contribution in [0.25, 0.3) is 11.1 Å². The Bertz CT molecular complexity index is 931. The molecule has 3 aromatic rings. The Morgan fingerprint density at radius 2 is 1.69 bits per heavy atom. The van der Waals surface area contributed by atoms with Gasteiger partial charge in [0.05, 0.1) is 31.6 Å². The van der Waals surface area contributed by atoms with E-state index < -0.39 is 0 Å². The second kappa shape index (κ2) is 7.54. The van der Waals surface area contributed by atoms with Crippen molar-refractivity contribution >= 4 is 5.69 Å². The first-order valence-corrected chi connectivity index (χ1v) is 8.84. The van der Waals surface area contributed by atoms with Gasteiger partial charge in [-0.3, -0.25) is 4.79 Å². The molecular weight excluding hydrogens is 326 g/mol. The van der Waals surface area contributed by atoms with Gasteiger partial charge in [-0.05, 0) is 16.7 Å². The van der Waals surface area contributed by atoms with Crippen LogP contribution in [0.3, 0.4) is 0 Å². The molecule has 0 unspecified atom stereocenters. The smallest absolute Gasteiger partial charge is 0.269 e. The van der Waals surface area contributed by atoms with Crippen LogP contribution in [0.2, 0.25) is 0 Å². The van der Waals surface area contributed by atoms with Crippen LogP contribution in [-0.4, -0.2) is 36.1 Å². The number of morpholine rings is 1. The van der Waals surface area contributed by atoms with E-state index in [1.807, 2.05) is 36.4 Å². The predicted molar refractivity (Wildman–Crippen MR) is 103 cm³/mol. The van der Waals surface area contributed by atoms with Crippen molar-refractivity contribution in [3.63, 3.8) is 0 Å². The zero-order chi connectivity index (χ0) is 17.8. The van der Waals surface area contributed by atoms with E-state index in [2.05, 4.69) is 28.2 Å². The Morgan fingerprint density at radius 1 is 0.962 bits per heavy atom. The van der Waals surface area contributed by atoms with Crippen LogP contribution in [-0.2, 0) is 11.3 Å². The maximum atomic E-state index is 12.6. The molecule has 0 aliphatic carbocycles. The fourth-order valence-electron chi connectivity index (χ4n) is 3.26. The molecule has 26 heavy (non-hydrogen) atoms. The van der Waals surface area contributed by atoms with E-state index in [0.29, 0.717) is 19.8 Å². The van der Waals surface area contributed by atoms with Gasteiger partial charge >= 0.3 is 0 Å². The van der Waals surface area contributed by atoms with Gasteiger partial charge in [0.15, 0.2) is 0 Å². The normalized spacial score (nSPS) is 14.4. The number of hydrogen-bond donors (Lipinski definition) is 0. The number of anilines is 1. The van der Waals surface area contributed by atoms with Gasteiger partial charge in [0, 0.05) is 19.2 Å². The molecule has 5 nitrogen and oxygen atoms in total. The first kappa shape index (κ1) is 16.5. The summed E-state index contributed by atoms with van der Waals surface area (Å²) < 4.78 is 6.88. The van der Waals surface area contributed by atoms with Gasteiger partial charge in [-0.25, -0.2) is 4.68 Å². The SMILES string of the molecule is O=c1cc(N2CCOCC2)cnn1Cc1ccccc1-c1ccccc1. The molecule has 1 aliphatic heterocycles. The number of aromatic nitrogens is 2. The quantitative estimate of drug-likeness (QED) is 0.728. The molecule has 2 aromatic carbocycles. The van der Waals surface area contributed by atoms with Crippen molar-refractivity contribution in [1.29, 1.82) is 0 Å². The third-order valence-corrected chi connectivity index (χ3v) is 4.65. The van der Waals surface area contributed by atoms with Crippen molar-refractivity contribution in [2.75, 3.05) is 31.2 Å². The Morgan fingerprint density at radius 3 is 2.46 bits per heavy atom. The van der Waals surface area contributed by atoms with E-state index in [1.165, 1.54) is 4.68 Å². The Balaban J connectivity index is 1.61. The third-order valence-electron chi connectivity index (χ3n) is 4.65. The number of rotatable bonds is 4. The molecule has 1 aromatic heterocycles. The number of ether oxygens (including phenoxy) is 1. The van der Waals surface area contributed by atoms with Crippen molar-refractivity contribution in [2.45, 2.75) is 6.54 Å². The molecular formula is C21H21N3O2.